The van der Waals surface area contributed by atoms with E-state index >= 15 is 0 Å². The van der Waals surface area contributed by atoms with Crippen molar-refractivity contribution in [2.24, 2.45) is 16.7 Å². The first kappa shape index (κ1) is 27.7. The van der Waals surface area contributed by atoms with Gasteiger partial charge < -0.3 is 29.7 Å². The van der Waals surface area contributed by atoms with Gasteiger partial charge >= 0.3 is 5.97 Å². The molecule has 3 N–H and O–H groups in total. The fourth-order valence-electron chi connectivity index (χ4n) is 7.78. The van der Waals surface area contributed by atoms with E-state index in [9.17, 15) is 24.9 Å². The molecular weight excluding hydrogens is 464 g/mol. The van der Waals surface area contributed by atoms with Crippen LogP contribution in [0.15, 0.2) is 12.7 Å². The third kappa shape index (κ3) is 3.81. The molecule has 4 aliphatic rings. The Hall–Kier alpha value is -1.36. The number of esters is 1. The zero-order valence-corrected chi connectivity index (χ0v) is 22.6. The second-order valence-corrected chi connectivity index (χ2v) is 12.8. The van der Waals surface area contributed by atoms with Crippen molar-refractivity contribution in [1.29, 1.82) is 0 Å². The molecule has 2 aliphatic carbocycles. The summed E-state index contributed by atoms with van der Waals surface area (Å²) in [4.78, 5) is 31.2. The van der Waals surface area contributed by atoms with Crippen LogP contribution < -0.4 is 0 Å². The van der Waals surface area contributed by atoms with E-state index in [2.05, 4.69) is 11.5 Å². The molecule has 2 aliphatic heterocycles. The quantitative estimate of drug-likeness (QED) is 0.373. The second kappa shape index (κ2) is 8.85. The minimum atomic E-state index is -2.20. The summed E-state index contributed by atoms with van der Waals surface area (Å²) in [7, 11) is 2.04. The van der Waals surface area contributed by atoms with Crippen LogP contribution in [0.2, 0.25) is 0 Å². The number of aliphatic hydroxyl groups is 3. The Balaban J connectivity index is 1.77. The summed E-state index contributed by atoms with van der Waals surface area (Å²) >= 11 is 0. The molecule has 36 heavy (non-hydrogen) atoms. The molecule has 8 atom stereocenters. The largest absolute Gasteiger partial charge is 0.458 e. The highest BCUT2D eigenvalue weighted by atomic mass is 16.6. The minimum Gasteiger partial charge on any atom is -0.458 e. The van der Waals surface area contributed by atoms with Crippen LogP contribution in [0.1, 0.15) is 53.9 Å². The van der Waals surface area contributed by atoms with Crippen molar-refractivity contribution in [2.45, 2.75) is 89.0 Å². The molecule has 2 heterocycles. The Kier molecular flexibility index (Phi) is 6.80. The average Bonchev–Trinajstić information content (AvgIpc) is 2.79. The molecule has 0 radical (unpaired) electrons. The van der Waals surface area contributed by atoms with Crippen LogP contribution in [0.25, 0.3) is 0 Å². The molecule has 0 amide bonds. The summed E-state index contributed by atoms with van der Waals surface area (Å²) in [6.45, 7) is 15.8. The van der Waals surface area contributed by atoms with Crippen molar-refractivity contribution in [2.75, 3.05) is 39.8 Å². The highest BCUT2D eigenvalue weighted by Gasteiger charge is 2.81. The smallest absolute Gasteiger partial charge is 0.320 e. The van der Waals surface area contributed by atoms with Crippen LogP contribution in [0.3, 0.4) is 0 Å². The van der Waals surface area contributed by atoms with Gasteiger partial charge in [-0.05, 0) is 39.2 Å². The van der Waals surface area contributed by atoms with Gasteiger partial charge in [0.1, 0.15) is 17.8 Å². The first-order valence-electron chi connectivity index (χ1n) is 13.1. The number of ketones is 1. The van der Waals surface area contributed by atoms with Crippen molar-refractivity contribution in [3.05, 3.63) is 12.7 Å². The molecule has 4 unspecified atom stereocenters. The first-order valence-corrected chi connectivity index (χ1v) is 13.1. The number of carbonyl (C=O) groups excluding carboxylic acids is 2. The van der Waals surface area contributed by atoms with Gasteiger partial charge in [-0.1, -0.05) is 26.8 Å². The van der Waals surface area contributed by atoms with Crippen molar-refractivity contribution < 1.29 is 34.4 Å². The first-order chi connectivity index (χ1) is 16.6. The van der Waals surface area contributed by atoms with E-state index in [1.807, 2.05) is 25.8 Å². The summed E-state index contributed by atoms with van der Waals surface area (Å²) in [5.41, 5.74) is -7.16. The molecule has 2 saturated heterocycles. The summed E-state index contributed by atoms with van der Waals surface area (Å²) in [6, 6.07) is 0. The molecule has 0 aromatic carbocycles. The van der Waals surface area contributed by atoms with Crippen LogP contribution in [0.5, 0.6) is 0 Å². The zero-order valence-electron chi connectivity index (χ0n) is 22.6. The van der Waals surface area contributed by atoms with Crippen LogP contribution in [0.4, 0.5) is 0 Å². The number of likely N-dealkylation sites (N-methyl/N-ethyl adjacent to an activating group) is 1. The lowest BCUT2D eigenvalue weighted by atomic mass is 9.40. The van der Waals surface area contributed by atoms with E-state index in [-0.39, 0.29) is 13.0 Å². The molecule has 4 rings (SSSR count). The zero-order chi connectivity index (χ0) is 26.9. The van der Waals surface area contributed by atoms with E-state index < -0.39 is 63.6 Å². The van der Waals surface area contributed by atoms with Gasteiger partial charge in [-0.15, -0.1) is 6.58 Å². The second-order valence-electron chi connectivity index (χ2n) is 12.8. The number of carbonyl (C=O) groups is 2. The number of Topliss-reactive ketones (excluding diaryl/α,β-unsaturated/α-hetero) is 1. The lowest BCUT2D eigenvalue weighted by molar-refractivity contribution is -0.370. The molecule has 0 bridgehead atoms. The van der Waals surface area contributed by atoms with E-state index in [4.69, 9.17) is 9.47 Å². The number of hydrogen-bond donors (Lipinski definition) is 3. The molecule has 204 valence electrons. The number of hydrogen-bond acceptors (Lipinski definition) is 9. The maximum atomic E-state index is 13.8. The van der Waals surface area contributed by atoms with Crippen LogP contribution in [-0.4, -0.2) is 112 Å². The van der Waals surface area contributed by atoms with Gasteiger partial charge in [0.2, 0.25) is 0 Å². The Bertz CT molecular complexity index is 918. The SMILES string of the molecule is C=C[C@@]1(C)CC(=O)[C@]2(O)C3(C)C(C(OC(=O)CN4CCN(C)CC4)C(O)[C@@]2(C)O1)C(C)(C)CC[C@@H]3O. The third-order valence-corrected chi connectivity index (χ3v) is 9.95. The van der Waals surface area contributed by atoms with Gasteiger partial charge in [-0.2, -0.15) is 0 Å². The average molecular weight is 509 g/mol. The van der Waals surface area contributed by atoms with E-state index in [1.54, 1.807) is 13.8 Å². The summed E-state index contributed by atoms with van der Waals surface area (Å²) in [5.74, 6) is -1.69. The number of fused-ring (bicyclic) bond motifs is 3. The topological polar surface area (TPSA) is 120 Å². The van der Waals surface area contributed by atoms with Crippen LogP contribution in [-0.2, 0) is 19.1 Å². The minimum absolute atomic E-state index is 0.0780. The summed E-state index contributed by atoms with van der Waals surface area (Å²) in [6.07, 6.45) is -1.37. The van der Waals surface area contributed by atoms with Crippen LogP contribution >= 0.6 is 0 Å². The fourth-order valence-corrected chi connectivity index (χ4v) is 7.78. The number of rotatable bonds is 4. The summed E-state index contributed by atoms with van der Waals surface area (Å²) < 4.78 is 12.4. The third-order valence-electron chi connectivity index (χ3n) is 9.95. The maximum absolute atomic E-state index is 13.8. The Morgan fingerprint density at radius 3 is 2.36 bits per heavy atom. The molecule has 9 heteroatoms. The molecule has 0 aromatic heterocycles. The van der Waals surface area contributed by atoms with Crippen molar-refractivity contribution in [3.8, 4) is 0 Å². The number of aliphatic hydroxyl groups excluding tert-OH is 2. The van der Waals surface area contributed by atoms with Crippen molar-refractivity contribution in [3.63, 3.8) is 0 Å². The van der Waals surface area contributed by atoms with E-state index in [0.29, 0.717) is 12.8 Å². The Morgan fingerprint density at radius 2 is 1.78 bits per heavy atom. The van der Waals surface area contributed by atoms with Gasteiger partial charge in [0.05, 0.1) is 18.2 Å². The molecule has 2 saturated carbocycles. The Labute approximate surface area is 214 Å². The van der Waals surface area contributed by atoms with Crippen LogP contribution in [0, 0.1) is 16.7 Å². The maximum Gasteiger partial charge on any atom is 0.320 e. The molecule has 4 fully saturated rings. The van der Waals surface area contributed by atoms with Gasteiger partial charge in [-0.25, -0.2) is 0 Å². The highest BCUT2D eigenvalue weighted by Crippen LogP contribution is 2.67. The van der Waals surface area contributed by atoms with Crippen molar-refractivity contribution >= 4 is 11.8 Å². The molecule has 9 nitrogen and oxygen atoms in total. The van der Waals surface area contributed by atoms with E-state index in [1.165, 1.54) is 13.0 Å². The van der Waals surface area contributed by atoms with Gasteiger partial charge in [-0.3, -0.25) is 14.5 Å². The van der Waals surface area contributed by atoms with Gasteiger partial charge in [0, 0.05) is 43.9 Å². The summed E-state index contributed by atoms with van der Waals surface area (Å²) in [5, 5.41) is 35.6. The lowest BCUT2D eigenvalue weighted by Crippen LogP contribution is -2.86. The van der Waals surface area contributed by atoms with Gasteiger partial charge in [0.15, 0.2) is 11.4 Å². The standard InChI is InChI=1S/C27H44N2O7/c1-8-24(4)15-18(31)27(34)25(5)17(30)9-10-23(2,3)21(25)20(22(33)26(27,6)36-24)35-19(32)16-29-13-11-28(7)12-14-29/h8,17,20-22,30,33-34H,1,9-16H2,2-7H3/t17-,20?,21?,22?,24-,25?,26+,27-/m0/s1. The Morgan fingerprint density at radius 1 is 1.17 bits per heavy atom. The van der Waals surface area contributed by atoms with Crippen molar-refractivity contribution in [1.82, 2.24) is 9.80 Å². The number of nitrogens with zero attached hydrogens (tertiary/aromatic N) is 2. The predicted octanol–water partition coefficient (Wildman–Crippen LogP) is 0.747. The molecular formula is C27H44N2O7. The highest BCUT2D eigenvalue weighted by molar-refractivity contribution is 5.92. The number of ether oxygens (including phenoxy) is 2. The normalized spacial score (nSPS) is 47.5. The molecule has 0 spiro atoms. The lowest BCUT2D eigenvalue weighted by Gasteiger charge is -2.71. The fraction of sp³-hybridized carbons (Fsp3) is 0.852. The van der Waals surface area contributed by atoms with E-state index in [0.717, 1.165) is 26.2 Å². The molecule has 0 aromatic rings. The predicted molar refractivity (Wildman–Crippen MR) is 133 cm³/mol. The monoisotopic (exact) mass is 508 g/mol. The van der Waals surface area contributed by atoms with Gasteiger partial charge in [0.25, 0.3) is 0 Å². The number of piperazine rings is 1.